The first-order valence-corrected chi connectivity index (χ1v) is 11.0. The van der Waals surface area contributed by atoms with Crippen molar-refractivity contribution in [2.75, 3.05) is 6.61 Å². The lowest BCUT2D eigenvalue weighted by Gasteiger charge is -2.15. The van der Waals surface area contributed by atoms with Crippen molar-refractivity contribution < 1.29 is 18.9 Å². The highest BCUT2D eigenvalue weighted by atomic mass is 127. The third kappa shape index (κ3) is 5.69. The van der Waals surface area contributed by atoms with Gasteiger partial charge in [-0.2, -0.15) is 0 Å². The third-order valence-corrected chi connectivity index (χ3v) is 5.57. The number of hydrogen-bond acceptors (Lipinski definition) is 6. The number of halogens is 3. The van der Waals surface area contributed by atoms with Gasteiger partial charge in [-0.05, 0) is 72.3 Å². The van der Waals surface area contributed by atoms with Gasteiger partial charge in [-0.1, -0.05) is 40.5 Å². The third-order valence-electron chi connectivity index (χ3n) is 4.19. The van der Waals surface area contributed by atoms with E-state index in [1.165, 1.54) is 13.0 Å². The molecule has 0 saturated carbocycles. The van der Waals surface area contributed by atoms with E-state index < -0.39 is 4.92 Å². The highest BCUT2D eigenvalue weighted by molar-refractivity contribution is 14.1. The van der Waals surface area contributed by atoms with Crippen LogP contribution in [0.25, 0.3) is 12.2 Å². The second kappa shape index (κ2) is 10.3. The van der Waals surface area contributed by atoms with Gasteiger partial charge in [0.15, 0.2) is 17.2 Å². The number of nitrogens with zero attached hydrogens (tertiary/aromatic N) is 2. The van der Waals surface area contributed by atoms with Crippen LogP contribution in [-0.2, 0) is 6.61 Å². The summed E-state index contributed by atoms with van der Waals surface area (Å²) in [7, 11) is 0. The number of rotatable bonds is 8. The van der Waals surface area contributed by atoms with Gasteiger partial charge in [-0.25, -0.2) is 0 Å². The SMILES string of the molecule is CCOc1cc(/C=C\c2onc(C)c2[N+](=O)[O-])cc(I)c1OCc1ccc(Cl)cc1Cl. The molecule has 0 amide bonds. The molecule has 0 spiro atoms. The zero-order valence-electron chi connectivity index (χ0n) is 16.5. The Morgan fingerprint density at radius 2 is 2.00 bits per heavy atom. The molecule has 1 aromatic heterocycles. The Labute approximate surface area is 202 Å². The molecule has 0 N–H and O–H groups in total. The maximum atomic E-state index is 11.2. The van der Waals surface area contributed by atoms with Crippen LogP contribution >= 0.6 is 45.8 Å². The first-order valence-electron chi connectivity index (χ1n) is 9.12. The van der Waals surface area contributed by atoms with Crippen molar-refractivity contribution in [3.05, 3.63) is 76.6 Å². The molecule has 0 aliphatic rings. The Bertz CT molecular complexity index is 1150. The van der Waals surface area contributed by atoms with E-state index >= 15 is 0 Å². The molecule has 10 heteroatoms. The molecule has 0 atom stereocenters. The summed E-state index contributed by atoms with van der Waals surface area (Å²) in [6.45, 7) is 4.07. The van der Waals surface area contributed by atoms with Crippen molar-refractivity contribution in [2.45, 2.75) is 20.5 Å². The molecule has 3 rings (SSSR count). The summed E-state index contributed by atoms with van der Waals surface area (Å²) in [6.07, 6.45) is 3.20. The molecule has 0 saturated heterocycles. The largest absolute Gasteiger partial charge is 0.490 e. The average Bonchev–Trinajstić information content (AvgIpc) is 3.08. The van der Waals surface area contributed by atoms with E-state index in [1.54, 1.807) is 30.3 Å². The van der Waals surface area contributed by atoms with Crippen LogP contribution in [0.4, 0.5) is 5.69 Å². The molecule has 0 radical (unpaired) electrons. The summed E-state index contributed by atoms with van der Waals surface area (Å²) in [5.41, 5.74) is 1.61. The van der Waals surface area contributed by atoms with E-state index in [0.29, 0.717) is 28.2 Å². The van der Waals surface area contributed by atoms with E-state index in [9.17, 15) is 10.1 Å². The van der Waals surface area contributed by atoms with Crippen LogP contribution < -0.4 is 9.47 Å². The molecule has 162 valence electrons. The monoisotopic (exact) mass is 574 g/mol. The number of aryl methyl sites for hydroxylation is 1. The van der Waals surface area contributed by atoms with E-state index in [4.69, 9.17) is 37.2 Å². The standard InChI is InChI=1S/C21H17Cl2IN2O5/c1-3-29-19-9-13(4-7-18-20(26(27)28)12(2)25-31-18)8-17(24)21(19)30-11-14-5-6-15(22)10-16(14)23/h4-10H,3,11H2,1-2H3/b7-4-. The normalized spacial score (nSPS) is 11.1. The average molecular weight is 575 g/mol. The molecule has 0 aliphatic heterocycles. The molecule has 0 aliphatic carbocycles. The number of benzene rings is 2. The van der Waals surface area contributed by atoms with Crippen molar-refractivity contribution in [1.29, 1.82) is 0 Å². The number of aromatic nitrogens is 1. The Hall–Kier alpha value is -2.30. The number of ether oxygens (including phenoxy) is 2. The molecule has 0 bridgehead atoms. The van der Waals surface area contributed by atoms with Gasteiger partial charge in [0, 0.05) is 15.6 Å². The van der Waals surface area contributed by atoms with E-state index in [1.807, 2.05) is 13.0 Å². The van der Waals surface area contributed by atoms with Crippen LogP contribution in [0, 0.1) is 20.6 Å². The van der Waals surface area contributed by atoms with Crippen LogP contribution in [0.2, 0.25) is 10.0 Å². The van der Waals surface area contributed by atoms with Gasteiger partial charge in [0.2, 0.25) is 5.76 Å². The predicted octanol–water partition coefficient (Wildman–Crippen LogP) is 6.95. The van der Waals surface area contributed by atoms with Gasteiger partial charge < -0.3 is 14.0 Å². The first kappa shape index (κ1) is 23.4. The highest BCUT2D eigenvalue weighted by Gasteiger charge is 2.22. The summed E-state index contributed by atoms with van der Waals surface area (Å²) < 4.78 is 17.6. The van der Waals surface area contributed by atoms with Crippen molar-refractivity contribution in [3.63, 3.8) is 0 Å². The summed E-state index contributed by atoms with van der Waals surface area (Å²) >= 11 is 14.3. The molecule has 31 heavy (non-hydrogen) atoms. The number of nitro groups is 1. The molecule has 0 unspecified atom stereocenters. The molecular formula is C21H17Cl2IN2O5. The Morgan fingerprint density at radius 1 is 1.23 bits per heavy atom. The maximum Gasteiger partial charge on any atom is 0.338 e. The predicted molar refractivity (Wildman–Crippen MR) is 128 cm³/mol. The minimum Gasteiger partial charge on any atom is -0.490 e. The maximum absolute atomic E-state index is 11.2. The van der Waals surface area contributed by atoms with Crippen LogP contribution in [0.15, 0.2) is 34.9 Å². The quantitative estimate of drug-likeness (QED) is 0.164. The molecule has 2 aromatic carbocycles. The minimum atomic E-state index is -0.514. The Morgan fingerprint density at radius 3 is 2.68 bits per heavy atom. The lowest BCUT2D eigenvalue weighted by Crippen LogP contribution is -2.02. The van der Waals surface area contributed by atoms with Gasteiger partial charge in [0.1, 0.15) is 6.61 Å². The van der Waals surface area contributed by atoms with Crippen molar-refractivity contribution >= 4 is 63.6 Å². The second-order valence-corrected chi connectivity index (χ2v) is 8.36. The van der Waals surface area contributed by atoms with Crippen LogP contribution in [-0.4, -0.2) is 16.7 Å². The minimum absolute atomic E-state index is 0.0770. The molecule has 7 nitrogen and oxygen atoms in total. The molecule has 1 heterocycles. The fourth-order valence-electron chi connectivity index (χ4n) is 2.76. The van der Waals surface area contributed by atoms with Gasteiger partial charge in [0.05, 0.1) is 15.1 Å². The summed E-state index contributed by atoms with van der Waals surface area (Å²) in [5, 5.41) is 15.9. The van der Waals surface area contributed by atoms with Gasteiger partial charge in [-0.3, -0.25) is 10.1 Å². The summed E-state index contributed by atoms with van der Waals surface area (Å²) in [4.78, 5) is 10.7. The zero-order valence-corrected chi connectivity index (χ0v) is 20.2. The van der Waals surface area contributed by atoms with Gasteiger partial charge in [0.25, 0.3) is 0 Å². The van der Waals surface area contributed by atoms with Gasteiger partial charge in [-0.15, -0.1) is 0 Å². The van der Waals surface area contributed by atoms with E-state index in [0.717, 1.165) is 14.7 Å². The Balaban J connectivity index is 1.87. The lowest BCUT2D eigenvalue weighted by molar-refractivity contribution is -0.386. The van der Waals surface area contributed by atoms with Gasteiger partial charge >= 0.3 is 5.69 Å². The van der Waals surface area contributed by atoms with Crippen LogP contribution in [0.1, 0.15) is 29.5 Å². The van der Waals surface area contributed by atoms with E-state index in [2.05, 4.69) is 27.7 Å². The Kier molecular flexibility index (Phi) is 7.79. The van der Waals surface area contributed by atoms with E-state index in [-0.39, 0.29) is 23.7 Å². The number of hydrogen-bond donors (Lipinski definition) is 0. The smallest absolute Gasteiger partial charge is 0.338 e. The van der Waals surface area contributed by atoms with Crippen molar-refractivity contribution in [3.8, 4) is 11.5 Å². The lowest BCUT2D eigenvalue weighted by atomic mass is 10.1. The zero-order chi connectivity index (χ0) is 22.5. The van der Waals surface area contributed by atoms with Crippen LogP contribution in [0.5, 0.6) is 11.5 Å². The fourth-order valence-corrected chi connectivity index (χ4v) is 4.01. The molecule has 0 fully saturated rings. The summed E-state index contributed by atoms with van der Waals surface area (Å²) in [6, 6.07) is 8.87. The molecule has 3 aromatic rings. The fraction of sp³-hybridized carbons (Fsp3) is 0.190. The summed E-state index contributed by atoms with van der Waals surface area (Å²) in [5.74, 6) is 1.20. The highest BCUT2D eigenvalue weighted by Crippen LogP contribution is 2.36. The van der Waals surface area contributed by atoms with Crippen LogP contribution in [0.3, 0.4) is 0 Å². The molecular weight excluding hydrogens is 558 g/mol. The van der Waals surface area contributed by atoms with Crippen molar-refractivity contribution in [1.82, 2.24) is 5.16 Å². The first-order chi connectivity index (χ1) is 14.8. The second-order valence-electron chi connectivity index (χ2n) is 6.36. The van der Waals surface area contributed by atoms with Crippen molar-refractivity contribution in [2.24, 2.45) is 0 Å². The topological polar surface area (TPSA) is 87.6 Å².